The molecule has 1 aliphatic heterocycles. The predicted octanol–water partition coefficient (Wildman–Crippen LogP) is 2.92. The zero-order valence-corrected chi connectivity index (χ0v) is 17.0. The van der Waals surface area contributed by atoms with Crippen LogP contribution in [-0.4, -0.2) is 52.1 Å². The van der Waals surface area contributed by atoms with Gasteiger partial charge < -0.3 is 15.5 Å². The maximum absolute atomic E-state index is 12.7. The number of nitrogens with zero attached hydrogens (tertiary/aromatic N) is 1. The molecule has 3 rings (SSSR count). The molecule has 7 heteroatoms. The topological polar surface area (TPSA) is 107 Å². The van der Waals surface area contributed by atoms with Crippen LogP contribution in [0.5, 0.6) is 0 Å². The van der Waals surface area contributed by atoms with E-state index in [1.807, 2.05) is 36.4 Å². The van der Waals surface area contributed by atoms with E-state index >= 15 is 0 Å². The lowest BCUT2D eigenvalue weighted by molar-refractivity contribution is -0.159. The Morgan fingerprint density at radius 2 is 1.43 bits per heavy atom. The average Bonchev–Trinajstić information content (AvgIpc) is 2.75. The summed E-state index contributed by atoms with van der Waals surface area (Å²) in [4.78, 5) is 33.2. The van der Waals surface area contributed by atoms with Crippen LogP contribution in [-0.2, 0) is 14.4 Å². The molecule has 0 radical (unpaired) electrons. The molecular formula is C23H28N2O5. The third kappa shape index (κ3) is 7.33. The molecule has 0 spiro atoms. The zero-order chi connectivity index (χ0) is 21.9. The number of carboxylic acid groups (broad SMARTS) is 2. The van der Waals surface area contributed by atoms with Gasteiger partial charge in [0.2, 0.25) is 5.91 Å². The summed E-state index contributed by atoms with van der Waals surface area (Å²) >= 11 is 0. The molecule has 0 aliphatic carbocycles. The molecule has 1 fully saturated rings. The minimum Gasteiger partial charge on any atom is -0.473 e. The Kier molecular flexibility index (Phi) is 9.03. The molecule has 160 valence electrons. The highest BCUT2D eigenvalue weighted by molar-refractivity contribution is 6.27. The molecule has 7 nitrogen and oxygen atoms in total. The first-order chi connectivity index (χ1) is 14.4. The minimum atomic E-state index is -1.82. The molecule has 1 atom stereocenters. The molecule has 1 heterocycles. The summed E-state index contributed by atoms with van der Waals surface area (Å²) in [6.07, 6.45) is 3.66. The molecular weight excluding hydrogens is 384 g/mol. The maximum Gasteiger partial charge on any atom is 0.414 e. The van der Waals surface area contributed by atoms with Gasteiger partial charge in [0.25, 0.3) is 0 Å². The van der Waals surface area contributed by atoms with Crippen molar-refractivity contribution in [2.24, 2.45) is 0 Å². The number of carbonyl (C=O) groups excluding carboxylic acids is 1. The molecule has 1 saturated heterocycles. The first kappa shape index (κ1) is 23.1. The van der Waals surface area contributed by atoms with E-state index in [-0.39, 0.29) is 11.9 Å². The van der Waals surface area contributed by atoms with E-state index in [0.29, 0.717) is 12.6 Å². The van der Waals surface area contributed by atoms with Gasteiger partial charge >= 0.3 is 11.9 Å². The van der Waals surface area contributed by atoms with Crippen LogP contribution in [0.15, 0.2) is 60.7 Å². The number of carbonyl (C=O) groups is 3. The van der Waals surface area contributed by atoms with E-state index in [0.717, 1.165) is 17.7 Å². The Bertz CT molecular complexity index is 775. The number of aliphatic carboxylic acids is 2. The molecule has 0 aromatic heterocycles. The van der Waals surface area contributed by atoms with Crippen molar-refractivity contribution in [1.82, 2.24) is 10.2 Å². The summed E-state index contributed by atoms with van der Waals surface area (Å²) in [5, 5.41) is 18.0. The third-order valence-corrected chi connectivity index (χ3v) is 5.04. The van der Waals surface area contributed by atoms with Crippen molar-refractivity contribution >= 4 is 17.8 Å². The van der Waals surface area contributed by atoms with Crippen molar-refractivity contribution in [3.63, 3.8) is 0 Å². The summed E-state index contributed by atoms with van der Waals surface area (Å²) in [6.45, 7) is 3.73. The van der Waals surface area contributed by atoms with Crippen LogP contribution in [0.3, 0.4) is 0 Å². The van der Waals surface area contributed by atoms with E-state index in [9.17, 15) is 4.79 Å². The second-order valence-electron chi connectivity index (χ2n) is 7.25. The molecule has 0 bridgehead atoms. The van der Waals surface area contributed by atoms with Gasteiger partial charge in [-0.15, -0.1) is 0 Å². The monoisotopic (exact) mass is 412 g/mol. The number of nitrogens with one attached hydrogen (secondary N) is 1. The van der Waals surface area contributed by atoms with Crippen LogP contribution in [0.25, 0.3) is 0 Å². The van der Waals surface area contributed by atoms with Crippen LogP contribution in [0.4, 0.5) is 0 Å². The lowest BCUT2D eigenvalue weighted by Crippen LogP contribution is -2.45. The zero-order valence-electron chi connectivity index (χ0n) is 17.0. The third-order valence-electron chi connectivity index (χ3n) is 5.04. The van der Waals surface area contributed by atoms with Crippen LogP contribution >= 0.6 is 0 Å². The van der Waals surface area contributed by atoms with Crippen LogP contribution in [0, 0.1) is 0 Å². The molecule has 3 N–H and O–H groups in total. The van der Waals surface area contributed by atoms with Gasteiger partial charge in [-0.1, -0.05) is 67.1 Å². The van der Waals surface area contributed by atoms with Gasteiger partial charge in [-0.05, 0) is 37.4 Å². The number of likely N-dealkylation sites (tertiary alicyclic amines) is 1. The van der Waals surface area contributed by atoms with Crippen molar-refractivity contribution in [2.75, 3.05) is 13.1 Å². The second-order valence-corrected chi connectivity index (χ2v) is 7.25. The SMILES string of the molecule is CC1CCCCN1CC(=O)NC(c1ccccc1)c1ccccc1.O=C(O)C(=O)O. The highest BCUT2D eigenvalue weighted by Crippen LogP contribution is 2.22. The maximum atomic E-state index is 12.7. The van der Waals surface area contributed by atoms with Gasteiger partial charge in [0, 0.05) is 6.04 Å². The van der Waals surface area contributed by atoms with Crippen molar-refractivity contribution < 1.29 is 24.6 Å². The van der Waals surface area contributed by atoms with Gasteiger partial charge in [-0.3, -0.25) is 9.69 Å². The number of rotatable bonds is 5. The number of hydrogen-bond donors (Lipinski definition) is 3. The van der Waals surface area contributed by atoms with E-state index in [4.69, 9.17) is 19.8 Å². The molecule has 1 amide bonds. The molecule has 2 aromatic rings. The average molecular weight is 412 g/mol. The normalized spacial score (nSPS) is 16.3. The van der Waals surface area contributed by atoms with Gasteiger partial charge in [0.05, 0.1) is 12.6 Å². The van der Waals surface area contributed by atoms with E-state index < -0.39 is 11.9 Å². The summed E-state index contributed by atoms with van der Waals surface area (Å²) in [7, 11) is 0. The van der Waals surface area contributed by atoms with Crippen LogP contribution in [0.2, 0.25) is 0 Å². The Hall–Kier alpha value is -3.19. The molecule has 0 saturated carbocycles. The van der Waals surface area contributed by atoms with Gasteiger partial charge in [0.15, 0.2) is 0 Å². The molecule has 30 heavy (non-hydrogen) atoms. The van der Waals surface area contributed by atoms with E-state index in [2.05, 4.69) is 41.4 Å². The van der Waals surface area contributed by atoms with Gasteiger partial charge in [0.1, 0.15) is 0 Å². The standard InChI is InChI=1S/C21H26N2O.C2H2O4/c1-17-10-8-9-15-23(17)16-20(24)22-21(18-11-4-2-5-12-18)19-13-6-3-7-14-19;3-1(4)2(5)6/h2-7,11-14,17,21H,8-10,15-16H2,1H3,(H,22,24);(H,3,4)(H,5,6). The highest BCUT2D eigenvalue weighted by atomic mass is 16.4. The van der Waals surface area contributed by atoms with Crippen molar-refractivity contribution in [3.05, 3.63) is 71.8 Å². The summed E-state index contributed by atoms with van der Waals surface area (Å²) in [5.41, 5.74) is 2.23. The first-order valence-corrected chi connectivity index (χ1v) is 9.98. The van der Waals surface area contributed by atoms with Gasteiger partial charge in [-0.2, -0.15) is 0 Å². The fourth-order valence-corrected chi connectivity index (χ4v) is 3.43. The molecule has 1 aliphatic rings. The largest absolute Gasteiger partial charge is 0.473 e. The number of benzene rings is 2. The predicted molar refractivity (Wildman–Crippen MR) is 113 cm³/mol. The Balaban J connectivity index is 0.000000469. The van der Waals surface area contributed by atoms with E-state index in [1.54, 1.807) is 0 Å². The molecule has 2 aromatic carbocycles. The second kappa shape index (κ2) is 11.7. The quantitative estimate of drug-likeness (QED) is 0.652. The summed E-state index contributed by atoms with van der Waals surface area (Å²) in [6, 6.07) is 20.8. The number of piperidine rings is 1. The number of carboxylic acids is 2. The Labute approximate surface area is 176 Å². The number of hydrogen-bond acceptors (Lipinski definition) is 4. The Morgan fingerprint density at radius 1 is 0.933 bits per heavy atom. The van der Waals surface area contributed by atoms with E-state index in [1.165, 1.54) is 19.3 Å². The lowest BCUT2D eigenvalue weighted by Gasteiger charge is -2.33. The van der Waals surface area contributed by atoms with Crippen molar-refractivity contribution in [3.8, 4) is 0 Å². The first-order valence-electron chi connectivity index (χ1n) is 9.98. The highest BCUT2D eigenvalue weighted by Gasteiger charge is 2.22. The molecule has 1 unspecified atom stereocenters. The van der Waals surface area contributed by atoms with Crippen molar-refractivity contribution in [1.29, 1.82) is 0 Å². The fraction of sp³-hybridized carbons (Fsp3) is 0.348. The fourth-order valence-electron chi connectivity index (χ4n) is 3.43. The van der Waals surface area contributed by atoms with Crippen LogP contribution < -0.4 is 5.32 Å². The van der Waals surface area contributed by atoms with Crippen LogP contribution in [0.1, 0.15) is 43.4 Å². The van der Waals surface area contributed by atoms with Crippen molar-refractivity contribution in [2.45, 2.75) is 38.3 Å². The Morgan fingerprint density at radius 3 is 1.87 bits per heavy atom. The number of amides is 1. The summed E-state index contributed by atoms with van der Waals surface area (Å²) < 4.78 is 0. The summed E-state index contributed by atoms with van der Waals surface area (Å²) in [5.74, 6) is -3.55. The smallest absolute Gasteiger partial charge is 0.414 e. The minimum absolute atomic E-state index is 0.0972. The van der Waals surface area contributed by atoms with Gasteiger partial charge in [-0.25, -0.2) is 9.59 Å². The lowest BCUT2D eigenvalue weighted by atomic mass is 9.98.